The van der Waals surface area contributed by atoms with Gasteiger partial charge in [-0.05, 0) is 12.2 Å². The highest BCUT2D eigenvalue weighted by Gasteiger charge is 2.54. The predicted octanol–water partition coefficient (Wildman–Crippen LogP) is -0.932. The molecule has 6 heteroatoms. The van der Waals surface area contributed by atoms with Gasteiger partial charge in [0, 0.05) is 18.9 Å². The van der Waals surface area contributed by atoms with Crippen molar-refractivity contribution in [3.63, 3.8) is 0 Å². The summed E-state index contributed by atoms with van der Waals surface area (Å²) in [5.41, 5.74) is 5.47. The Morgan fingerprint density at radius 1 is 1.33 bits per heavy atom. The van der Waals surface area contributed by atoms with Crippen molar-refractivity contribution < 1.29 is 24.6 Å². The van der Waals surface area contributed by atoms with Gasteiger partial charge in [0.05, 0.1) is 6.10 Å². The van der Waals surface area contributed by atoms with Gasteiger partial charge in [0.1, 0.15) is 24.9 Å². The van der Waals surface area contributed by atoms with Crippen LogP contribution in [0.4, 0.5) is 4.79 Å². The van der Waals surface area contributed by atoms with Crippen LogP contribution in [0.25, 0.3) is 0 Å². The number of hydrogen-bond acceptors (Lipinski definition) is 4. The van der Waals surface area contributed by atoms with E-state index in [1.54, 1.807) is 24.4 Å². The second-order valence-electron chi connectivity index (χ2n) is 4.95. The minimum absolute atomic E-state index is 0.203. The van der Waals surface area contributed by atoms with Crippen LogP contribution >= 0.6 is 0 Å². The van der Waals surface area contributed by atoms with E-state index >= 15 is 0 Å². The number of hydrogen-bond donors (Lipinski definition) is 4. The fourth-order valence-corrected chi connectivity index (χ4v) is 2.89. The lowest BCUT2D eigenvalue weighted by molar-refractivity contribution is -0.823. The number of aliphatic hydroxyl groups excluding tert-OH is 3. The summed E-state index contributed by atoms with van der Waals surface area (Å²) < 4.78 is -0.203. The van der Waals surface area contributed by atoms with E-state index in [2.05, 4.69) is 0 Å². The van der Waals surface area contributed by atoms with Crippen LogP contribution in [0.1, 0.15) is 6.42 Å². The number of carbonyl (C=O) groups is 1. The number of nitrogens with two attached hydrogens (primary N) is 1. The Morgan fingerprint density at radius 3 is 2.50 bits per heavy atom. The molecule has 0 aromatic heterocycles. The van der Waals surface area contributed by atoms with E-state index in [1.165, 1.54) is 0 Å². The Balaban J connectivity index is 2.31. The van der Waals surface area contributed by atoms with Crippen LogP contribution in [0.2, 0.25) is 0 Å². The van der Waals surface area contributed by atoms with Gasteiger partial charge in [-0.25, -0.2) is 9.28 Å². The number of amides is 2. The number of urea groups is 1. The summed E-state index contributed by atoms with van der Waals surface area (Å²) in [4.78, 5) is 11.8. The summed E-state index contributed by atoms with van der Waals surface area (Å²) in [5.74, 6) is -0.418. The number of allylic oxidation sites excluding steroid dienone is 2. The van der Waals surface area contributed by atoms with E-state index in [1.807, 2.05) is 0 Å². The van der Waals surface area contributed by atoms with E-state index in [9.17, 15) is 15.0 Å². The Morgan fingerprint density at radius 2 is 2.06 bits per heavy atom. The van der Waals surface area contributed by atoms with Crippen molar-refractivity contribution in [1.29, 1.82) is 0 Å². The van der Waals surface area contributed by atoms with E-state index in [-0.39, 0.29) is 11.1 Å². The average Bonchev–Trinajstić information content (AvgIpc) is 2.67. The van der Waals surface area contributed by atoms with Crippen molar-refractivity contribution in [2.75, 3.05) is 13.2 Å². The van der Waals surface area contributed by atoms with E-state index < -0.39 is 30.2 Å². The first kappa shape index (κ1) is 13.2. The highest BCUT2D eigenvalue weighted by molar-refractivity contribution is 5.66. The molecule has 18 heavy (non-hydrogen) atoms. The van der Waals surface area contributed by atoms with Crippen molar-refractivity contribution in [2.45, 2.75) is 24.7 Å². The quantitative estimate of drug-likeness (QED) is 0.478. The number of carbonyl (C=O) groups excluding carboxylic acids is 1. The molecule has 1 saturated carbocycles. The zero-order chi connectivity index (χ0) is 13.3. The first-order valence-corrected chi connectivity index (χ1v) is 6.01. The van der Waals surface area contributed by atoms with Gasteiger partial charge in [0.15, 0.2) is 0 Å². The Kier molecular flexibility index (Phi) is 3.54. The third-order valence-electron chi connectivity index (χ3n) is 4.01. The second-order valence-corrected chi connectivity index (χ2v) is 4.95. The van der Waals surface area contributed by atoms with Crippen molar-refractivity contribution in [1.82, 2.24) is 0 Å². The van der Waals surface area contributed by atoms with Gasteiger partial charge >= 0.3 is 6.03 Å². The monoisotopic (exact) mass is 255 g/mol. The summed E-state index contributed by atoms with van der Waals surface area (Å²) in [7, 11) is 0. The predicted molar refractivity (Wildman–Crippen MR) is 64.0 cm³/mol. The van der Waals surface area contributed by atoms with Crippen molar-refractivity contribution in [3.05, 3.63) is 24.4 Å². The molecule has 2 rings (SSSR count). The minimum atomic E-state index is -1.06. The first-order valence-electron chi connectivity index (χ1n) is 6.01. The molecule has 1 fully saturated rings. The Hall–Kier alpha value is -1.21. The zero-order valence-corrected chi connectivity index (χ0v) is 10.0. The lowest BCUT2D eigenvalue weighted by atomic mass is 10.1. The number of rotatable bonds is 2. The molecular weight excluding hydrogens is 236 g/mol. The molecule has 2 aliphatic rings. The molecule has 0 radical (unpaired) electrons. The van der Waals surface area contributed by atoms with E-state index in [4.69, 9.17) is 10.8 Å². The third-order valence-corrected chi connectivity index (χ3v) is 4.01. The topological polar surface area (TPSA) is 104 Å². The van der Waals surface area contributed by atoms with Crippen LogP contribution in [0.15, 0.2) is 24.4 Å². The minimum Gasteiger partial charge on any atom is -0.396 e. The van der Waals surface area contributed by atoms with Gasteiger partial charge in [0.2, 0.25) is 0 Å². The standard InChI is InChI=1S/C12H18N2O4/c13-12(18)14(4-2-1-3-5-14)9-6-8(7-15)10(16)11(9)17/h1-4,8-11,15-17H,5-7H2,(H-,13,18)/p+1. The van der Waals surface area contributed by atoms with Gasteiger partial charge in [-0.2, -0.15) is 0 Å². The number of aliphatic hydroxyl groups is 3. The molecule has 0 bridgehead atoms. The molecule has 0 aromatic rings. The third kappa shape index (κ3) is 1.87. The summed E-state index contributed by atoms with van der Waals surface area (Å²) in [6.45, 7) is 0.144. The molecule has 0 spiro atoms. The zero-order valence-electron chi connectivity index (χ0n) is 10.0. The molecule has 5 N–H and O–H groups in total. The largest absolute Gasteiger partial charge is 0.419 e. The SMILES string of the molecule is NC(=O)[N+]1(C2CC(CO)C(O)C2O)C=CC=CC1. The lowest BCUT2D eigenvalue weighted by Crippen LogP contribution is -2.61. The smallest absolute Gasteiger partial charge is 0.396 e. The highest BCUT2D eigenvalue weighted by Crippen LogP contribution is 2.35. The van der Waals surface area contributed by atoms with Gasteiger partial charge < -0.3 is 21.1 Å². The maximum absolute atomic E-state index is 11.8. The van der Waals surface area contributed by atoms with Crippen LogP contribution < -0.4 is 5.73 Å². The molecule has 0 aromatic carbocycles. The maximum Gasteiger partial charge on any atom is 0.419 e. The van der Waals surface area contributed by atoms with E-state index in [0.29, 0.717) is 13.0 Å². The average molecular weight is 255 g/mol. The van der Waals surface area contributed by atoms with Gasteiger partial charge in [-0.15, -0.1) is 0 Å². The highest BCUT2D eigenvalue weighted by atomic mass is 16.3. The van der Waals surface area contributed by atoms with Crippen LogP contribution in [-0.2, 0) is 0 Å². The van der Waals surface area contributed by atoms with Gasteiger partial charge in [0.25, 0.3) is 0 Å². The number of nitrogens with zero attached hydrogens (tertiary/aromatic N) is 1. The Labute approximate surface area is 105 Å². The summed E-state index contributed by atoms with van der Waals surface area (Å²) in [5, 5.41) is 29.1. The molecule has 2 amide bonds. The van der Waals surface area contributed by atoms with E-state index in [0.717, 1.165) is 0 Å². The molecule has 5 unspecified atom stereocenters. The van der Waals surface area contributed by atoms with Crippen molar-refractivity contribution in [3.8, 4) is 0 Å². The lowest BCUT2D eigenvalue weighted by Gasteiger charge is -2.37. The molecule has 1 aliphatic carbocycles. The van der Waals surface area contributed by atoms with Crippen molar-refractivity contribution >= 4 is 6.03 Å². The molecule has 100 valence electrons. The van der Waals surface area contributed by atoms with Crippen LogP contribution in [-0.4, -0.2) is 57.2 Å². The number of quaternary nitrogens is 1. The Bertz CT molecular complexity index is 396. The van der Waals surface area contributed by atoms with Gasteiger partial charge in [-0.3, -0.25) is 0 Å². The maximum atomic E-state index is 11.8. The first-order chi connectivity index (χ1) is 8.53. The van der Waals surface area contributed by atoms with Crippen LogP contribution in [0, 0.1) is 5.92 Å². The molecule has 5 atom stereocenters. The van der Waals surface area contributed by atoms with Crippen molar-refractivity contribution in [2.24, 2.45) is 11.7 Å². The van der Waals surface area contributed by atoms with Crippen LogP contribution in [0.5, 0.6) is 0 Å². The molecular formula is C12H19N2O4+. The molecule has 0 saturated heterocycles. The molecule has 6 nitrogen and oxygen atoms in total. The summed E-state index contributed by atoms with van der Waals surface area (Å²) >= 11 is 0. The normalized spacial score (nSPS) is 43.3. The summed E-state index contributed by atoms with van der Waals surface area (Å²) in [6.07, 6.45) is 5.23. The summed E-state index contributed by atoms with van der Waals surface area (Å²) in [6, 6.07) is -1.08. The number of primary amides is 1. The van der Waals surface area contributed by atoms with Gasteiger partial charge in [-0.1, -0.05) is 6.08 Å². The van der Waals surface area contributed by atoms with Crippen LogP contribution in [0.3, 0.4) is 0 Å². The molecule has 1 heterocycles. The second kappa shape index (κ2) is 4.81. The molecule has 1 aliphatic heterocycles. The fraction of sp³-hybridized carbons (Fsp3) is 0.583. The fourth-order valence-electron chi connectivity index (χ4n) is 2.89.